The number of hydrogen-bond acceptors (Lipinski definition) is 5. The van der Waals surface area contributed by atoms with Crippen LogP contribution in [0.2, 0.25) is 0 Å². The minimum Gasteiger partial charge on any atom is -0.379 e. The molecule has 5 rings (SSSR count). The predicted octanol–water partition coefficient (Wildman–Crippen LogP) is 8.07. The zero-order valence-electron chi connectivity index (χ0n) is 25.2. The van der Waals surface area contributed by atoms with Crippen LogP contribution in [0.4, 0.5) is 20.3 Å². The Balaban J connectivity index is 0.000000244. The van der Waals surface area contributed by atoms with Crippen LogP contribution < -0.4 is 15.5 Å². The van der Waals surface area contributed by atoms with Gasteiger partial charge >= 0.3 is 0 Å². The first kappa shape index (κ1) is 31.9. The SMILES string of the molecule is CC.Cc1nc(N(C)C)c2ccccc2n1.Fc1ccc(NCc2ccccc2CCNC2CCCCC2)c(F)c1. The molecule has 4 aromatic rings. The zero-order chi connectivity index (χ0) is 29.6. The summed E-state index contributed by atoms with van der Waals surface area (Å²) in [6, 6.07) is 20.6. The molecule has 7 heteroatoms. The predicted molar refractivity (Wildman–Crippen MR) is 169 cm³/mol. The Kier molecular flexibility index (Phi) is 13.0. The van der Waals surface area contributed by atoms with Crippen molar-refractivity contribution in [2.45, 2.75) is 71.9 Å². The molecule has 2 N–H and O–H groups in total. The Labute approximate surface area is 244 Å². The number of hydrogen-bond donors (Lipinski definition) is 2. The molecule has 0 unspecified atom stereocenters. The molecule has 5 nitrogen and oxygen atoms in total. The van der Waals surface area contributed by atoms with Crippen molar-refractivity contribution in [2.75, 3.05) is 30.9 Å². The fourth-order valence-electron chi connectivity index (χ4n) is 5.03. The maximum absolute atomic E-state index is 13.7. The average Bonchev–Trinajstić information content (AvgIpc) is 2.99. The molecule has 0 amide bonds. The first-order chi connectivity index (χ1) is 19.9. The summed E-state index contributed by atoms with van der Waals surface area (Å²) < 4.78 is 26.7. The molecule has 0 saturated heterocycles. The van der Waals surface area contributed by atoms with Gasteiger partial charge in [-0.1, -0.05) is 69.5 Å². The molecule has 0 bridgehead atoms. The maximum Gasteiger partial charge on any atom is 0.149 e. The van der Waals surface area contributed by atoms with E-state index in [2.05, 4.69) is 32.7 Å². The van der Waals surface area contributed by atoms with Gasteiger partial charge in [-0.2, -0.15) is 0 Å². The number of anilines is 2. The van der Waals surface area contributed by atoms with E-state index in [1.807, 2.05) is 76.2 Å². The molecule has 220 valence electrons. The molecule has 41 heavy (non-hydrogen) atoms. The van der Waals surface area contributed by atoms with Crippen LogP contribution in [0.1, 0.15) is 62.9 Å². The normalized spacial score (nSPS) is 13.0. The number of fused-ring (bicyclic) bond motifs is 1. The van der Waals surface area contributed by atoms with Gasteiger partial charge in [0.25, 0.3) is 0 Å². The summed E-state index contributed by atoms with van der Waals surface area (Å²) in [7, 11) is 3.99. The van der Waals surface area contributed by atoms with Gasteiger partial charge in [0.2, 0.25) is 0 Å². The summed E-state index contributed by atoms with van der Waals surface area (Å²) in [6.07, 6.45) is 7.57. The summed E-state index contributed by atoms with van der Waals surface area (Å²) in [4.78, 5) is 10.8. The van der Waals surface area contributed by atoms with Gasteiger partial charge < -0.3 is 15.5 Å². The fraction of sp³-hybridized carbons (Fsp3) is 0.412. The van der Waals surface area contributed by atoms with E-state index in [0.717, 1.165) is 47.1 Å². The Morgan fingerprint density at radius 1 is 0.854 bits per heavy atom. The third kappa shape index (κ3) is 9.78. The molecular weight excluding hydrogens is 516 g/mol. The number of para-hydroxylation sites is 1. The van der Waals surface area contributed by atoms with E-state index < -0.39 is 11.6 Å². The number of aryl methyl sites for hydroxylation is 1. The summed E-state index contributed by atoms with van der Waals surface area (Å²) in [5.41, 5.74) is 3.75. The maximum atomic E-state index is 13.7. The van der Waals surface area contributed by atoms with Gasteiger partial charge in [0.05, 0.1) is 11.2 Å². The van der Waals surface area contributed by atoms with Crippen LogP contribution in [0.5, 0.6) is 0 Å². The Morgan fingerprint density at radius 2 is 1.54 bits per heavy atom. The minimum absolute atomic E-state index is 0.330. The Morgan fingerprint density at radius 3 is 2.24 bits per heavy atom. The van der Waals surface area contributed by atoms with E-state index in [-0.39, 0.29) is 0 Å². The molecule has 0 spiro atoms. The number of nitrogens with one attached hydrogen (secondary N) is 2. The van der Waals surface area contributed by atoms with Gasteiger partial charge in [-0.05, 0) is 68.1 Å². The van der Waals surface area contributed by atoms with Gasteiger partial charge in [-0.3, -0.25) is 0 Å². The van der Waals surface area contributed by atoms with Crippen molar-refractivity contribution in [3.05, 3.63) is 95.3 Å². The number of rotatable bonds is 8. The van der Waals surface area contributed by atoms with E-state index in [1.165, 1.54) is 49.8 Å². The fourth-order valence-corrected chi connectivity index (χ4v) is 5.03. The third-order valence-electron chi connectivity index (χ3n) is 7.07. The quantitative estimate of drug-likeness (QED) is 0.228. The van der Waals surface area contributed by atoms with E-state index >= 15 is 0 Å². The van der Waals surface area contributed by atoms with E-state index in [1.54, 1.807) is 0 Å². The zero-order valence-corrected chi connectivity index (χ0v) is 25.2. The van der Waals surface area contributed by atoms with Crippen LogP contribution in [0.15, 0.2) is 66.7 Å². The third-order valence-corrected chi connectivity index (χ3v) is 7.07. The topological polar surface area (TPSA) is 53.1 Å². The number of halogens is 2. The lowest BCUT2D eigenvalue weighted by Gasteiger charge is -2.23. The van der Waals surface area contributed by atoms with E-state index in [4.69, 9.17) is 0 Å². The second-order valence-corrected chi connectivity index (χ2v) is 10.3. The number of aromatic nitrogens is 2. The molecule has 1 aliphatic carbocycles. The van der Waals surface area contributed by atoms with Gasteiger partial charge in [0.1, 0.15) is 23.3 Å². The van der Waals surface area contributed by atoms with Crippen molar-refractivity contribution >= 4 is 22.4 Å². The van der Waals surface area contributed by atoms with Crippen LogP contribution in [0.25, 0.3) is 10.9 Å². The Hall–Kier alpha value is -3.58. The summed E-state index contributed by atoms with van der Waals surface area (Å²) in [5.74, 6) is 0.675. The highest BCUT2D eigenvalue weighted by molar-refractivity contribution is 5.89. The van der Waals surface area contributed by atoms with Gasteiger partial charge in [0.15, 0.2) is 0 Å². The minimum atomic E-state index is -0.559. The van der Waals surface area contributed by atoms with E-state index in [9.17, 15) is 8.78 Å². The van der Waals surface area contributed by atoms with Crippen LogP contribution in [-0.2, 0) is 13.0 Å². The molecule has 1 saturated carbocycles. The van der Waals surface area contributed by atoms with Gasteiger partial charge in [-0.25, -0.2) is 18.7 Å². The van der Waals surface area contributed by atoms with Crippen molar-refractivity contribution < 1.29 is 8.78 Å². The van der Waals surface area contributed by atoms with Crippen LogP contribution in [0.3, 0.4) is 0 Å². The number of benzene rings is 3. The van der Waals surface area contributed by atoms with Crippen molar-refractivity contribution in [1.82, 2.24) is 15.3 Å². The van der Waals surface area contributed by atoms with Crippen LogP contribution >= 0.6 is 0 Å². The van der Waals surface area contributed by atoms with Crippen LogP contribution in [0, 0.1) is 18.6 Å². The van der Waals surface area contributed by atoms with Crippen molar-refractivity contribution in [2.24, 2.45) is 0 Å². The number of nitrogens with zero attached hydrogens (tertiary/aromatic N) is 3. The lowest BCUT2D eigenvalue weighted by molar-refractivity contribution is 0.375. The standard InChI is InChI=1S/C21H26F2N2.C11H13N3.C2H6/c22-18-10-11-21(20(23)14-18)25-15-17-7-5-4-6-16(17)12-13-24-19-8-2-1-3-9-19;1-8-12-10-7-5-4-6-9(10)11(13-8)14(2)3;1-2/h4-7,10-11,14,19,24-25H,1-3,8-9,12-13,15H2;4-7H,1-3H3;1-2H3. The lowest BCUT2D eigenvalue weighted by Crippen LogP contribution is -2.32. The lowest BCUT2D eigenvalue weighted by atomic mass is 9.95. The average molecular weight is 562 g/mol. The second kappa shape index (κ2) is 16.6. The Bertz CT molecular complexity index is 1350. The highest BCUT2D eigenvalue weighted by Crippen LogP contribution is 2.22. The molecule has 1 aliphatic rings. The molecule has 0 aliphatic heterocycles. The highest BCUT2D eigenvalue weighted by atomic mass is 19.1. The molecule has 1 fully saturated rings. The largest absolute Gasteiger partial charge is 0.379 e. The monoisotopic (exact) mass is 561 g/mol. The van der Waals surface area contributed by atoms with Crippen molar-refractivity contribution in [1.29, 1.82) is 0 Å². The first-order valence-electron chi connectivity index (χ1n) is 14.8. The molecule has 0 atom stereocenters. The molecule has 1 aromatic heterocycles. The molecule has 0 radical (unpaired) electrons. The second-order valence-electron chi connectivity index (χ2n) is 10.3. The highest BCUT2D eigenvalue weighted by Gasteiger charge is 2.12. The van der Waals surface area contributed by atoms with E-state index in [0.29, 0.717) is 18.3 Å². The van der Waals surface area contributed by atoms with Crippen molar-refractivity contribution in [3.8, 4) is 0 Å². The van der Waals surface area contributed by atoms with Gasteiger partial charge in [0, 0.05) is 38.1 Å². The van der Waals surface area contributed by atoms with Crippen LogP contribution in [-0.4, -0.2) is 36.6 Å². The molecular formula is C34H45F2N5. The summed E-state index contributed by atoms with van der Waals surface area (Å²) in [5, 5.41) is 7.84. The van der Waals surface area contributed by atoms with Crippen molar-refractivity contribution in [3.63, 3.8) is 0 Å². The summed E-state index contributed by atoms with van der Waals surface area (Å²) in [6.45, 7) is 7.41. The molecule has 1 heterocycles. The first-order valence-corrected chi connectivity index (χ1v) is 14.8. The molecule has 3 aromatic carbocycles. The summed E-state index contributed by atoms with van der Waals surface area (Å²) >= 11 is 0. The van der Waals surface area contributed by atoms with Gasteiger partial charge in [-0.15, -0.1) is 0 Å². The smallest absolute Gasteiger partial charge is 0.149 e.